The molecule has 0 radical (unpaired) electrons. The molecular weight excluding hydrogens is 404 g/mol. The van der Waals surface area contributed by atoms with E-state index in [9.17, 15) is 14.9 Å². The second-order valence-corrected chi connectivity index (χ2v) is 6.26. The summed E-state index contributed by atoms with van der Waals surface area (Å²) < 4.78 is 10.7. The number of hydrogen-bond acceptors (Lipinski definition) is 9. The van der Waals surface area contributed by atoms with E-state index in [2.05, 4.69) is 25.7 Å². The molecule has 0 aliphatic rings. The Labute approximate surface area is 176 Å². The summed E-state index contributed by atoms with van der Waals surface area (Å²) in [7, 11) is 1.39. The molecule has 0 aliphatic heterocycles. The molecule has 11 nitrogen and oxygen atoms in total. The third-order valence-electron chi connectivity index (χ3n) is 4.05. The number of ether oxygens (including phenoxy) is 2. The van der Waals surface area contributed by atoms with Gasteiger partial charge >= 0.3 is 5.69 Å². The van der Waals surface area contributed by atoms with Crippen LogP contribution in [0, 0.1) is 10.1 Å². The lowest BCUT2D eigenvalue weighted by molar-refractivity contribution is -0.386. The molecule has 1 heterocycles. The Kier molecular flexibility index (Phi) is 6.89. The minimum Gasteiger partial charge on any atom is -0.493 e. The molecule has 3 rings (SSSR count). The van der Waals surface area contributed by atoms with Crippen LogP contribution in [0.15, 0.2) is 52.4 Å². The molecule has 31 heavy (non-hydrogen) atoms. The summed E-state index contributed by atoms with van der Waals surface area (Å²) in [5.41, 5.74) is 3.07. The molecule has 1 aromatic heterocycles. The van der Waals surface area contributed by atoms with Gasteiger partial charge < -0.3 is 9.47 Å². The van der Waals surface area contributed by atoms with E-state index in [4.69, 9.17) is 9.47 Å². The molecule has 0 aliphatic carbocycles. The summed E-state index contributed by atoms with van der Waals surface area (Å²) in [5, 5.41) is 23.2. The second kappa shape index (κ2) is 9.96. The average molecular weight is 424 g/mol. The number of anilines is 1. The first-order valence-electron chi connectivity index (χ1n) is 9.34. The van der Waals surface area contributed by atoms with Crippen molar-refractivity contribution in [3.05, 3.63) is 68.5 Å². The molecule has 0 saturated carbocycles. The number of hydrogen-bond donors (Lipinski definition) is 2. The van der Waals surface area contributed by atoms with Gasteiger partial charge in [0.1, 0.15) is 0 Å². The van der Waals surface area contributed by atoms with Gasteiger partial charge in [0.15, 0.2) is 11.4 Å². The third-order valence-corrected chi connectivity index (χ3v) is 4.05. The largest absolute Gasteiger partial charge is 0.493 e. The topological polar surface area (TPSA) is 145 Å². The fraction of sp³-hybridized carbons (Fsp3) is 0.200. The van der Waals surface area contributed by atoms with Crippen molar-refractivity contribution < 1.29 is 14.4 Å². The normalized spacial score (nSPS) is 10.8. The molecule has 0 spiro atoms. The standard InChI is InChI=1S/C20H20N6O5/c1-3-9-31-18-15(26(28)29)10-13(11-16(18)30-2)12-21-24-20-22-19(27)17(23-25-20)14-7-5-4-6-8-14/h4-8,10-12H,3,9H2,1-2H3,(H2,22,24,25,27)/b21-12+. The number of methoxy groups -OCH3 is 1. The van der Waals surface area contributed by atoms with Gasteiger partial charge in [-0.25, -0.2) is 5.43 Å². The number of nitrogens with one attached hydrogen (secondary N) is 2. The fourth-order valence-electron chi connectivity index (χ4n) is 2.66. The lowest BCUT2D eigenvalue weighted by atomic mass is 10.2. The van der Waals surface area contributed by atoms with E-state index in [1.807, 2.05) is 13.0 Å². The zero-order valence-corrected chi connectivity index (χ0v) is 16.9. The van der Waals surface area contributed by atoms with Crippen molar-refractivity contribution in [2.45, 2.75) is 13.3 Å². The fourth-order valence-corrected chi connectivity index (χ4v) is 2.66. The van der Waals surface area contributed by atoms with Gasteiger partial charge in [-0.1, -0.05) is 37.3 Å². The van der Waals surface area contributed by atoms with Crippen molar-refractivity contribution in [1.29, 1.82) is 0 Å². The Morgan fingerprint density at radius 2 is 2.03 bits per heavy atom. The minimum atomic E-state index is -0.552. The zero-order chi connectivity index (χ0) is 22.2. The quantitative estimate of drug-likeness (QED) is 0.303. The highest BCUT2D eigenvalue weighted by atomic mass is 16.6. The van der Waals surface area contributed by atoms with Crippen molar-refractivity contribution in [1.82, 2.24) is 15.2 Å². The molecule has 11 heteroatoms. The molecule has 0 atom stereocenters. The van der Waals surface area contributed by atoms with Crippen LogP contribution in [-0.4, -0.2) is 40.0 Å². The SMILES string of the molecule is CCCOc1c(OC)cc(/C=N/Nc2nnc(-c3ccccc3)c(=O)[nH]2)cc1[N+](=O)[O-]. The first-order chi connectivity index (χ1) is 15.0. The lowest BCUT2D eigenvalue weighted by Crippen LogP contribution is -2.15. The second-order valence-electron chi connectivity index (χ2n) is 6.26. The number of hydrazone groups is 1. The Morgan fingerprint density at radius 1 is 1.26 bits per heavy atom. The summed E-state index contributed by atoms with van der Waals surface area (Å²) in [4.78, 5) is 25.7. The number of benzene rings is 2. The van der Waals surface area contributed by atoms with E-state index in [0.717, 1.165) is 0 Å². The maximum atomic E-state index is 12.2. The van der Waals surface area contributed by atoms with E-state index in [1.165, 1.54) is 19.4 Å². The van der Waals surface area contributed by atoms with Crippen LogP contribution in [0.5, 0.6) is 11.5 Å². The molecule has 0 fully saturated rings. The van der Waals surface area contributed by atoms with Crippen LogP contribution < -0.4 is 20.5 Å². The van der Waals surface area contributed by atoms with Gasteiger partial charge in [0, 0.05) is 17.2 Å². The van der Waals surface area contributed by atoms with Crippen LogP contribution in [0.4, 0.5) is 11.6 Å². The van der Waals surface area contributed by atoms with Crippen LogP contribution in [0.1, 0.15) is 18.9 Å². The monoisotopic (exact) mass is 424 g/mol. The van der Waals surface area contributed by atoms with Gasteiger partial charge in [-0.3, -0.25) is 19.9 Å². The first kappa shape index (κ1) is 21.4. The number of rotatable bonds is 9. The van der Waals surface area contributed by atoms with Crippen molar-refractivity contribution in [2.75, 3.05) is 19.1 Å². The molecule has 0 saturated heterocycles. The number of nitro groups is 1. The van der Waals surface area contributed by atoms with E-state index in [1.54, 1.807) is 30.3 Å². The number of aromatic amines is 1. The average Bonchev–Trinajstić information content (AvgIpc) is 2.78. The van der Waals surface area contributed by atoms with Crippen molar-refractivity contribution in [3.63, 3.8) is 0 Å². The Hall–Kier alpha value is -4.28. The van der Waals surface area contributed by atoms with Crippen LogP contribution in [0.3, 0.4) is 0 Å². The summed E-state index contributed by atoms with van der Waals surface area (Å²) in [6, 6.07) is 11.8. The van der Waals surface area contributed by atoms with Gasteiger partial charge in [0.2, 0.25) is 11.7 Å². The number of aromatic nitrogens is 3. The Balaban J connectivity index is 1.80. The van der Waals surface area contributed by atoms with Crippen LogP contribution in [-0.2, 0) is 0 Å². The highest BCUT2D eigenvalue weighted by Crippen LogP contribution is 2.38. The minimum absolute atomic E-state index is 0.0188. The maximum absolute atomic E-state index is 12.2. The predicted octanol–water partition coefficient (Wildman–Crippen LogP) is 2.98. The van der Waals surface area contributed by atoms with Crippen LogP contribution in [0.25, 0.3) is 11.3 Å². The Bertz CT molecular complexity index is 1150. The van der Waals surface area contributed by atoms with Crippen molar-refractivity contribution >= 4 is 17.9 Å². The van der Waals surface area contributed by atoms with Crippen LogP contribution >= 0.6 is 0 Å². The number of H-pyrrole nitrogens is 1. The predicted molar refractivity (Wildman–Crippen MR) is 115 cm³/mol. The first-order valence-corrected chi connectivity index (χ1v) is 9.34. The van der Waals surface area contributed by atoms with Gasteiger partial charge in [0.25, 0.3) is 5.56 Å². The van der Waals surface area contributed by atoms with Gasteiger partial charge in [-0.05, 0) is 12.5 Å². The summed E-state index contributed by atoms with van der Waals surface area (Å²) in [6.45, 7) is 2.21. The molecule has 160 valence electrons. The van der Waals surface area contributed by atoms with Gasteiger partial charge in [-0.15, -0.1) is 10.2 Å². The smallest absolute Gasteiger partial charge is 0.315 e. The lowest BCUT2D eigenvalue weighted by Gasteiger charge is -2.11. The highest BCUT2D eigenvalue weighted by molar-refractivity contribution is 5.83. The van der Waals surface area contributed by atoms with Crippen molar-refractivity contribution in [2.24, 2.45) is 5.10 Å². The number of nitrogens with zero attached hydrogens (tertiary/aromatic N) is 4. The number of nitro benzene ring substituents is 1. The van der Waals surface area contributed by atoms with Gasteiger partial charge in [-0.2, -0.15) is 5.10 Å². The third kappa shape index (κ3) is 5.21. The zero-order valence-electron chi connectivity index (χ0n) is 16.9. The van der Waals surface area contributed by atoms with E-state index in [0.29, 0.717) is 24.2 Å². The Morgan fingerprint density at radius 3 is 2.68 bits per heavy atom. The molecule has 0 unspecified atom stereocenters. The van der Waals surface area contributed by atoms with E-state index in [-0.39, 0.29) is 28.8 Å². The van der Waals surface area contributed by atoms with Crippen molar-refractivity contribution in [3.8, 4) is 22.8 Å². The molecule has 0 amide bonds. The molecule has 2 aromatic carbocycles. The van der Waals surface area contributed by atoms with Crippen LogP contribution in [0.2, 0.25) is 0 Å². The summed E-state index contributed by atoms with van der Waals surface area (Å²) in [5.74, 6) is 0.293. The van der Waals surface area contributed by atoms with Gasteiger partial charge in [0.05, 0.1) is 24.9 Å². The van der Waals surface area contributed by atoms with E-state index < -0.39 is 10.5 Å². The maximum Gasteiger partial charge on any atom is 0.315 e. The molecule has 3 aromatic rings. The molecular formula is C20H20N6O5. The summed E-state index contributed by atoms with van der Waals surface area (Å²) >= 11 is 0. The molecule has 0 bridgehead atoms. The highest BCUT2D eigenvalue weighted by Gasteiger charge is 2.22. The van der Waals surface area contributed by atoms with E-state index >= 15 is 0 Å². The molecule has 2 N–H and O–H groups in total. The summed E-state index contributed by atoms with van der Waals surface area (Å²) in [6.07, 6.45) is 2.01.